The monoisotopic (exact) mass is 347 g/mol. The van der Waals surface area contributed by atoms with Crippen molar-refractivity contribution in [2.24, 2.45) is 0 Å². The van der Waals surface area contributed by atoms with E-state index < -0.39 is 0 Å². The number of piperazine rings is 1. The Labute approximate surface area is 150 Å². The molecule has 0 bridgehead atoms. The third-order valence-corrected chi connectivity index (χ3v) is 4.37. The van der Waals surface area contributed by atoms with Gasteiger partial charge in [-0.3, -0.25) is 14.5 Å². The molecule has 6 heteroatoms. The molecule has 1 aliphatic heterocycles. The maximum atomic E-state index is 12.2. The fraction of sp³-hybridized carbons (Fsp3) is 0.579. The van der Waals surface area contributed by atoms with Crippen molar-refractivity contribution in [2.75, 3.05) is 53.4 Å². The zero-order chi connectivity index (χ0) is 18.1. The molecule has 0 radical (unpaired) electrons. The van der Waals surface area contributed by atoms with Crippen LogP contribution in [0.4, 0.5) is 0 Å². The van der Waals surface area contributed by atoms with Gasteiger partial charge in [0.2, 0.25) is 11.8 Å². The minimum Gasteiger partial charge on any atom is -0.377 e. The average molecular weight is 347 g/mol. The van der Waals surface area contributed by atoms with Crippen molar-refractivity contribution in [3.05, 3.63) is 35.9 Å². The molecule has 6 nitrogen and oxygen atoms in total. The smallest absolute Gasteiger partial charge is 0.236 e. The van der Waals surface area contributed by atoms with Crippen LogP contribution in [0.15, 0.2) is 30.3 Å². The molecule has 138 valence electrons. The third kappa shape index (κ3) is 6.84. The zero-order valence-corrected chi connectivity index (χ0v) is 15.3. The average Bonchev–Trinajstić information content (AvgIpc) is 2.62. The third-order valence-electron chi connectivity index (χ3n) is 4.37. The summed E-state index contributed by atoms with van der Waals surface area (Å²) >= 11 is 0. The highest BCUT2D eigenvalue weighted by molar-refractivity contribution is 5.78. The first kappa shape index (κ1) is 19.4. The van der Waals surface area contributed by atoms with E-state index in [2.05, 4.69) is 4.90 Å². The summed E-state index contributed by atoms with van der Waals surface area (Å²) in [5.41, 5.74) is 1.15. The van der Waals surface area contributed by atoms with Gasteiger partial charge in [0.25, 0.3) is 0 Å². The lowest BCUT2D eigenvalue weighted by Crippen LogP contribution is -2.51. The van der Waals surface area contributed by atoms with E-state index in [1.54, 1.807) is 19.0 Å². The largest absolute Gasteiger partial charge is 0.377 e. The van der Waals surface area contributed by atoms with E-state index in [1.165, 1.54) is 0 Å². The molecule has 25 heavy (non-hydrogen) atoms. The number of benzene rings is 1. The van der Waals surface area contributed by atoms with Crippen molar-refractivity contribution in [1.29, 1.82) is 0 Å². The van der Waals surface area contributed by atoms with Crippen LogP contribution < -0.4 is 0 Å². The van der Waals surface area contributed by atoms with Gasteiger partial charge in [-0.2, -0.15) is 0 Å². The summed E-state index contributed by atoms with van der Waals surface area (Å²) in [6.07, 6.45) is 1.26. The number of ether oxygens (including phenoxy) is 1. The molecule has 2 rings (SSSR count). The van der Waals surface area contributed by atoms with Gasteiger partial charge in [0.15, 0.2) is 0 Å². The SMILES string of the molecule is CN(C)C(=O)CN1CCN(C(=O)CCCOCc2ccccc2)CC1. The summed E-state index contributed by atoms with van der Waals surface area (Å²) in [5, 5.41) is 0. The molecule has 1 aromatic rings. The fourth-order valence-electron chi connectivity index (χ4n) is 2.74. The number of likely N-dealkylation sites (N-methyl/N-ethyl adjacent to an activating group) is 1. The second-order valence-corrected chi connectivity index (χ2v) is 6.59. The molecule has 0 atom stereocenters. The second-order valence-electron chi connectivity index (χ2n) is 6.59. The Kier molecular flexibility index (Phi) is 7.88. The molecule has 0 unspecified atom stereocenters. The molecule has 1 aliphatic rings. The summed E-state index contributed by atoms with van der Waals surface area (Å²) in [7, 11) is 3.53. The predicted molar refractivity (Wildman–Crippen MR) is 97.0 cm³/mol. The highest BCUT2D eigenvalue weighted by Gasteiger charge is 2.22. The first-order chi connectivity index (χ1) is 12.1. The molecular weight excluding hydrogens is 318 g/mol. The molecule has 0 spiro atoms. The Bertz CT molecular complexity index is 540. The molecule has 0 aromatic heterocycles. The second kappa shape index (κ2) is 10.2. The lowest BCUT2D eigenvalue weighted by molar-refractivity contribution is -0.134. The number of carbonyl (C=O) groups is 2. The maximum Gasteiger partial charge on any atom is 0.236 e. The van der Waals surface area contributed by atoms with Crippen molar-refractivity contribution in [2.45, 2.75) is 19.4 Å². The van der Waals surface area contributed by atoms with E-state index in [4.69, 9.17) is 4.74 Å². The molecule has 1 saturated heterocycles. The van der Waals surface area contributed by atoms with Gasteiger partial charge in [-0.1, -0.05) is 30.3 Å². The van der Waals surface area contributed by atoms with Crippen LogP contribution in [0, 0.1) is 0 Å². The zero-order valence-electron chi connectivity index (χ0n) is 15.3. The summed E-state index contributed by atoms with van der Waals surface area (Å²) in [4.78, 5) is 29.6. The summed E-state index contributed by atoms with van der Waals surface area (Å²) in [5.74, 6) is 0.289. The lowest BCUT2D eigenvalue weighted by Gasteiger charge is -2.34. The van der Waals surface area contributed by atoms with Crippen LogP contribution in [-0.4, -0.2) is 79.9 Å². The number of hydrogen-bond acceptors (Lipinski definition) is 4. The van der Waals surface area contributed by atoms with Crippen LogP contribution >= 0.6 is 0 Å². The minimum absolute atomic E-state index is 0.107. The number of amides is 2. The number of nitrogens with zero attached hydrogens (tertiary/aromatic N) is 3. The van der Waals surface area contributed by atoms with Crippen LogP contribution in [0.5, 0.6) is 0 Å². The minimum atomic E-state index is 0.107. The van der Waals surface area contributed by atoms with Gasteiger partial charge in [-0.05, 0) is 12.0 Å². The van der Waals surface area contributed by atoms with Gasteiger partial charge in [0, 0.05) is 53.3 Å². The van der Waals surface area contributed by atoms with E-state index in [9.17, 15) is 9.59 Å². The summed E-state index contributed by atoms with van der Waals surface area (Å²) in [6.45, 7) is 4.54. The van der Waals surface area contributed by atoms with E-state index in [-0.39, 0.29) is 11.8 Å². The lowest BCUT2D eigenvalue weighted by atomic mass is 10.2. The van der Waals surface area contributed by atoms with Crippen LogP contribution in [-0.2, 0) is 20.9 Å². The van der Waals surface area contributed by atoms with Crippen molar-refractivity contribution >= 4 is 11.8 Å². The van der Waals surface area contributed by atoms with Crippen LogP contribution in [0.25, 0.3) is 0 Å². The Balaban J connectivity index is 1.57. The molecule has 0 aliphatic carbocycles. The van der Waals surface area contributed by atoms with Crippen molar-refractivity contribution in [3.8, 4) is 0 Å². The summed E-state index contributed by atoms with van der Waals surface area (Å²) in [6, 6.07) is 10.0. The highest BCUT2D eigenvalue weighted by Crippen LogP contribution is 2.07. The Hall–Kier alpha value is -1.92. The van der Waals surface area contributed by atoms with Crippen molar-refractivity contribution in [1.82, 2.24) is 14.7 Å². The van der Waals surface area contributed by atoms with E-state index in [0.717, 1.165) is 25.1 Å². The first-order valence-corrected chi connectivity index (χ1v) is 8.88. The fourth-order valence-corrected chi connectivity index (χ4v) is 2.74. The first-order valence-electron chi connectivity index (χ1n) is 8.88. The molecule has 1 fully saturated rings. The Morgan fingerprint density at radius 2 is 1.76 bits per heavy atom. The highest BCUT2D eigenvalue weighted by atomic mass is 16.5. The molecular formula is C19H29N3O3. The quantitative estimate of drug-likeness (QED) is 0.664. The number of carbonyl (C=O) groups excluding carboxylic acids is 2. The van der Waals surface area contributed by atoms with Crippen LogP contribution in [0.3, 0.4) is 0 Å². The molecule has 0 saturated carbocycles. The van der Waals surface area contributed by atoms with Gasteiger partial charge in [-0.15, -0.1) is 0 Å². The Morgan fingerprint density at radius 1 is 1.08 bits per heavy atom. The van der Waals surface area contributed by atoms with Crippen molar-refractivity contribution in [3.63, 3.8) is 0 Å². The van der Waals surface area contributed by atoms with Gasteiger partial charge in [0.1, 0.15) is 0 Å². The molecule has 1 aromatic carbocycles. The van der Waals surface area contributed by atoms with E-state index >= 15 is 0 Å². The number of rotatable bonds is 8. The Morgan fingerprint density at radius 3 is 2.40 bits per heavy atom. The standard InChI is InChI=1S/C19H29N3O3/c1-20(2)19(24)15-21-10-12-22(13-11-21)18(23)9-6-14-25-16-17-7-4-3-5-8-17/h3-5,7-8H,6,9-16H2,1-2H3. The number of hydrogen-bond donors (Lipinski definition) is 0. The normalized spacial score (nSPS) is 15.2. The van der Waals surface area contributed by atoms with E-state index in [0.29, 0.717) is 39.3 Å². The van der Waals surface area contributed by atoms with Gasteiger partial charge < -0.3 is 14.5 Å². The molecule has 0 N–H and O–H groups in total. The maximum absolute atomic E-state index is 12.2. The molecule has 2 amide bonds. The topological polar surface area (TPSA) is 53.1 Å². The van der Waals surface area contributed by atoms with Gasteiger partial charge in [0.05, 0.1) is 13.2 Å². The summed E-state index contributed by atoms with van der Waals surface area (Å²) < 4.78 is 5.62. The van der Waals surface area contributed by atoms with E-state index in [1.807, 2.05) is 35.2 Å². The van der Waals surface area contributed by atoms with Gasteiger partial charge in [-0.25, -0.2) is 0 Å². The van der Waals surface area contributed by atoms with Gasteiger partial charge >= 0.3 is 0 Å². The van der Waals surface area contributed by atoms with Crippen LogP contribution in [0.2, 0.25) is 0 Å². The molecule has 1 heterocycles. The predicted octanol–water partition coefficient (Wildman–Crippen LogP) is 1.22. The van der Waals surface area contributed by atoms with Crippen molar-refractivity contribution < 1.29 is 14.3 Å². The van der Waals surface area contributed by atoms with Crippen LogP contribution in [0.1, 0.15) is 18.4 Å².